The van der Waals surface area contributed by atoms with Crippen LogP contribution in [0.15, 0.2) is 24.8 Å². The van der Waals surface area contributed by atoms with E-state index < -0.39 is 0 Å². The van der Waals surface area contributed by atoms with E-state index in [-0.39, 0.29) is 6.03 Å². The maximum atomic E-state index is 11.5. The van der Waals surface area contributed by atoms with E-state index in [1.807, 2.05) is 30.5 Å². The number of aromatic nitrogens is 4. The summed E-state index contributed by atoms with van der Waals surface area (Å²) in [4.78, 5) is 24.3. The van der Waals surface area contributed by atoms with Crippen molar-refractivity contribution in [2.24, 2.45) is 0 Å². The fraction of sp³-hybridized carbons (Fsp3) is 0.250. The molecule has 2 aromatic heterocycles. The zero-order valence-electron chi connectivity index (χ0n) is 13.9. The van der Waals surface area contributed by atoms with E-state index in [1.54, 1.807) is 13.4 Å². The van der Waals surface area contributed by atoms with Gasteiger partial charge in [-0.25, -0.2) is 19.7 Å². The molecule has 0 aliphatic carbocycles. The molecule has 0 bridgehead atoms. The first-order chi connectivity index (χ1) is 11.5. The van der Waals surface area contributed by atoms with Crippen molar-refractivity contribution >= 4 is 23.0 Å². The number of hydrogen-bond donors (Lipinski definition) is 2. The SMILES string of the molecule is CNC(=O)Nc1ncnc2c1ncn2-c1cc(C)c(OC)c(C)c1. The fourth-order valence-corrected chi connectivity index (χ4v) is 2.67. The van der Waals surface area contributed by atoms with Crippen LogP contribution < -0.4 is 15.4 Å². The molecule has 0 fully saturated rings. The van der Waals surface area contributed by atoms with Gasteiger partial charge in [0.05, 0.1) is 7.11 Å². The molecule has 3 rings (SSSR count). The number of rotatable bonds is 3. The smallest absolute Gasteiger partial charge is 0.320 e. The Balaban J connectivity index is 2.12. The number of fused-ring (bicyclic) bond motifs is 1. The van der Waals surface area contributed by atoms with Gasteiger partial charge in [-0.3, -0.25) is 9.88 Å². The van der Waals surface area contributed by atoms with Crippen LogP contribution in [-0.4, -0.2) is 39.7 Å². The lowest BCUT2D eigenvalue weighted by atomic mass is 10.1. The van der Waals surface area contributed by atoms with Crippen molar-refractivity contribution in [2.45, 2.75) is 13.8 Å². The van der Waals surface area contributed by atoms with Crippen molar-refractivity contribution in [3.05, 3.63) is 35.9 Å². The normalized spacial score (nSPS) is 10.7. The van der Waals surface area contributed by atoms with Crippen molar-refractivity contribution in [2.75, 3.05) is 19.5 Å². The van der Waals surface area contributed by atoms with Gasteiger partial charge in [-0.1, -0.05) is 0 Å². The average molecular weight is 326 g/mol. The first-order valence-electron chi connectivity index (χ1n) is 7.37. The highest BCUT2D eigenvalue weighted by atomic mass is 16.5. The molecule has 2 heterocycles. The Morgan fingerprint density at radius 3 is 2.50 bits per heavy atom. The molecular formula is C16H18N6O2. The Labute approximate surface area is 138 Å². The molecule has 2 N–H and O–H groups in total. The van der Waals surface area contributed by atoms with Crippen LogP contribution in [0.25, 0.3) is 16.9 Å². The van der Waals surface area contributed by atoms with Gasteiger partial charge in [0.15, 0.2) is 17.0 Å². The third-order valence-corrected chi connectivity index (χ3v) is 3.72. The number of hydrogen-bond acceptors (Lipinski definition) is 5. The van der Waals surface area contributed by atoms with Crippen molar-refractivity contribution in [1.82, 2.24) is 24.8 Å². The van der Waals surface area contributed by atoms with Crippen LogP contribution in [0.5, 0.6) is 5.75 Å². The molecule has 24 heavy (non-hydrogen) atoms. The molecule has 0 saturated carbocycles. The summed E-state index contributed by atoms with van der Waals surface area (Å²) in [5, 5.41) is 5.13. The van der Waals surface area contributed by atoms with Gasteiger partial charge in [0, 0.05) is 12.7 Å². The summed E-state index contributed by atoms with van der Waals surface area (Å²) >= 11 is 0. The Hall–Kier alpha value is -3.16. The lowest BCUT2D eigenvalue weighted by Crippen LogP contribution is -2.25. The van der Waals surface area contributed by atoms with Crippen molar-refractivity contribution in [3.63, 3.8) is 0 Å². The van der Waals surface area contributed by atoms with Crippen molar-refractivity contribution in [3.8, 4) is 11.4 Å². The number of aryl methyl sites for hydroxylation is 2. The Bertz CT molecular complexity index is 895. The number of anilines is 1. The Morgan fingerprint density at radius 1 is 1.17 bits per heavy atom. The summed E-state index contributed by atoms with van der Waals surface area (Å²) < 4.78 is 7.26. The van der Waals surface area contributed by atoms with E-state index in [4.69, 9.17) is 4.74 Å². The van der Waals surface area contributed by atoms with Gasteiger partial charge in [0.1, 0.15) is 18.4 Å². The zero-order chi connectivity index (χ0) is 17.3. The summed E-state index contributed by atoms with van der Waals surface area (Å²) in [6, 6.07) is 3.64. The number of nitrogens with zero attached hydrogens (tertiary/aromatic N) is 4. The van der Waals surface area contributed by atoms with Gasteiger partial charge in [0.25, 0.3) is 0 Å². The van der Waals surface area contributed by atoms with Gasteiger partial charge < -0.3 is 10.1 Å². The first kappa shape index (κ1) is 15.7. The number of imidazole rings is 1. The summed E-state index contributed by atoms with van der Waals surface area (Å²) in [7, 11) is 3.20. The molecular weight excluding hydrogens is 308 g/mol. The number of methoxy groups -OCH3 is 1. The average Bonchev–Trinajstić information content (AvgIpc) is 2.99. The molecule has 0 radical (unpaired) electrons. The molecule has 1 aromatic carbocycles. The molecule has 0 unspecified atom stereocenters. The zero-order valence-corrected chi connectivity index (χ0v) is 13.9. The van der Waals surface area contributed by atoms with Crippen LogP contribution in [0.2, 0.25) is 0 Å². The molecule has 0 atom stereocenters. The fourth-order valence-electron chi connectivity index (χ4n) is 2.67. The van der Waals surface area contributed by atoms with Crippen molar-refractivity contribution < 1.29 is 9.53 Å². The minimum absolute atomic E-state index is 0.360. The van der Waals surface area contributed by atoms with Crippen LogP contribution in [-0.2, 0) is 0 Å². The third-order valence-electron chi connectivity index (χ3n) is 3.72. The summed E-state index contributed by atoms with van der Waals surface area (Å²) in [6.07, 6.45) is 3.06. The highest BCUT2D eigenvalue weighted by molar-refractivity contribution is 5.96. The number of urea groups is 1. The largest absolute Gasteiger partial charge is 0.496 e. The minimum atomic E-state index is -0.360. The third kappa shape index (κ3) is 2.62. The Morgan fingerprint density at radius 2 is 1.88 bits per heavy atom. The molecule has 2 amide bonds. The number of benzene rings is 1. The topological polar surface area (TPSA) is 94.0 Å². The molecule has 124 valence electrons. The lowest BCUT2D eigenvalue weighted by Gasteiger charge is -2.12. The van der Waals surface area contributed by atoms with E-state index in [0.29, 0.717) is 17.0 Å². The number of carbonyl (C=O) groups is 1. The van der Waals surface area contributed by atoms with Gasteiger partial charge in [0.2, 0.25) is 0 Å². The molecule has 0 saturated heterocycles. The monoisotopic (exact) mass is 326 g/mol. The number of ether oxygens (including phenoxy) is 1. The van der Waals surface area contributed by atoms with Gasteiger partial charge in [-0.05, 0) is 37.1 Å². The van der Waals surface area contributed by atoms with E-state index in [0.717, 1.165) is 22.6 Å². The lowest BCUT2D eigenvalue weighted by molar-refractivity contribution is 0.254. The van der Waals surface area contributed by atoms with Crippen LogP contribution in [0, 0.1) is 13.8 Å². The second-order valence-electron chi connectivity index (χ2n) is 5.33. The molecule has 8 nitrogen and oxygen atoms in total. The van der Waals surface area contributed by atoms with Crippen LogP contribution in [0.1, 0.15) is 11.1 Å². The molecule has 0 aliphatic heterocycles. The first-order valence-corrected chi connectivity index (χ1v) is 7.37. The van der Waals surface area contributed by atoms with Crippen LogP contribution in [0.4, 0.5) is 10.6 Å². The van der Waals surface area contributed by atoms with Crippen LogP contribution >= 0.6 is 0 Å². The highest BCUT2D eigenvalue weighted by Crippen LogP contribution is 2.28. The highest BCUT2D eigenvalue weighted by Gasteiger charge is 2.14. The predicted octanol–water partition coefficient (Wildman–Crippen LogP) is 2.19. The van der Waals surface area contributed by atoms with Gasteiger partial charge in [-0.2, -0.15) is 0 Å². The minimum Gasteiger partial charge on any atom is -0.496 e. The second kappa shape index (κ2) is 6.15. The van der Waals surface area contributed by atoms with E-state index in [1.165, 1.54) is 13.4 Å². The summed E-state index contributed by atoms with van der Waals surface area (Å²) in [6.45, 7) is 3.98. The maximum absolute atomic E-state index is 11.5. The summed E-state index contributed by atoms with van der Waals surface area (Å²) in [5.74, 6) is 1.22. The molecule has 3 aromatic rings. The Kier molecular flexibility index (Phi) is 4.03. The predicted molar refractivity (Wildman–Crippen MR) is 90.8 cm³/mol. The van der Waals surface area contributed by atoms with Crippen molar-refractivity contribution in [1.29, 1.82) is 0 Å². The number of nitrogens with one attached hydrogen (secondary N) is 2. The second-order valence-corrected chi connectivity index (χ2v) is 5.33. The summed E-state index contributed by atoms with van der Waals surface area (Å²) in [5.41, 5.74) is 4.09. The maximum Gasteiger partial charge on any atom is 0.320 e. The molecule has 0 aliphatic rings. The molecule has 8 heteroatoms. The number of carbonyl (C=O) groups excluding carboxylic acids is 1. The van der Waals surface area contributed by atoms with E-state index >= 15 is 0 Å². The number of amides is 2. The molecule has 0 spiro atoms. The van der Waals surface area contributed by atoms with E-state index in [2.05, 4.69) is 25.6 Å². The quantitative estimate of drug-likeness (QED) is 0.769. The standard InChI is InChI=1S/C16H18N6O2/c1-9-5-11(6-10(2)13(9)24-4)22-8-20-12-14(21-16(23)17-3)18-7-19-15(12)22/h5-8H,1-4H3,(H2,17,18,19,21,23). The van der Waals surface area contributed by atoms with Gasteiger partial charge >= 0.3 is 6.03 Å². The van der Waals surface area contributed by atoms with E-state index in [9.17, 15) is 4.79 Å². The van der Waals surface area contributed by atoms with Gasteiger partial charge in [-0.15, -0.1) is 0 Å². The van der Waals surface area contributed by atoms with Crippen LogP contribution in [0.3, 0.4) is 0 Å².